The molecule has 1 saturated carbocycles. The lowest BCUT2D eigenvalue weighted by Crippen LogP contribution is -2.49. The molecule has 1 aromatic carbocycles. The number of nitrogens with one attached hydrogen (secondary N) is 3. The Kier molecular flexibility index (Phi) is 7.07. The van der Waals surface area contributed by atoms with Gasteiger partial charge < -0.3 is 20.5 Å². The van der Waals surface area contributed by atoms with E-state index in [4.69, 9.17) is 11.6 Å². The van der Waals surface area contributed by atoms with Gasteiger partial charge in [-0.2, -0.15) is 5.26 Å². The topological polar surface area (TPSA) is 118 Å². The van der Waals surface area contributed by atoms with Crippen LogP contribution in [0.4, 0.5) is 8.78 Å². The number of amides is 3. The van der Waals surface area contributed by atoms with Gasteiger partial charge in [0.1, 0.15) is 17.8 Å². The van der Waals surface area contributed by atoms with Gasteiger partial charge in [0.15, 0.2) is 0 Å². The van der Waals surface area contributed by atoms with E-state index in [2.05, 4.69) is 21.7 Å². The highest BCUT2D eigenvalue weighted by Crippen LogP contribution is 2.50. The van der Waals surface area contributed by atoms with E-state index >= 15 is 0 Å². The maximum atomic E-state index is 14.0. The van der Waals surface area contributed by atoms with E-state index < -0.39 is 35.2 Å². The molecular formula is C27H30ClF2N5O3. The molecule has 3 N–H and O–H groups in total. The van der Waals surface area contributed by atoms with E-state index in [1.54, 1.807) is 18.2 Å². The van der Waals surface area contributed by atoms with Crippen LogP contribution < -0.4 is 10.6 Å². The molecule has 3 heterocycles. The van der Waals surface area contributed by atoms with E-state index in [1.165, 1.54) is 4.90 Å². The number of alkyl halides is 2. The van der Waals surface area contributed by atoms with E-state index in [9.17, 15) is 28.4 Å². The zero-order chi connectivity index (χ0) is 27.1. The second-order valence-electron chi connectivity index (χ2n) is 11.0. The van der Waals surface area contributed by atoms with Gasteiger partial charge in [-0.05, 0) is 56.1 Å². The minimum absolute atomic E-state index is 0.136. The fraction of sp³-hybridized carbons (Fsp3) is 0.556. The smallest absolute Gasteiger partial charge is 0.271 e. The number of nitrogens with zero attached hydrogens (tertiary/aromatic N) is 2. The minimum atomic E-state index is -2.75. The van der Waals surface area contributed by atoms with Gasteiger partial charge in [0.25, 0.3) is 5.91 Å². The first-order valence-electron chi connectivity index (χ1n) is 13.0. The van der Waals surface area contributed by atoms with Gasteiger partial charge >= 0.3 is 0 Å². The molecule has 3 aliphatic rings. The highest BCUT2D eigenvalue weighted by atomic mass is 35.5. The van der Waals surface area contributed by atoms with Crippen LogP contribution in [-0.4, -0.2) is 58.7 Å². The van der Waals surface area contributed by atoms with Gasteiger partial charge in [-0.25, -0.2) is 8.78 Å². The first-order valence-corrected chi connectivity index (χ1v) is 13.4. The Balaban J connectivity index is 1.38. The molecule has 202 valence electrons. The number of aromatic nitrogens is 1. The van der Waals surface area contributed by atoms with Crippen LogP contribution in [0.3, 0.4) is 0 Å². The molecule has 0 radical (unpaired) electrons. The number of likely N-dealkylation sites (tertiary alicyclic amines) is 1. The van der Waals surface area contributed by atoms with Gasteiger partial charge in [-0.3, -0.25) is 14.4 Å². The summed E-state index contributed by atoms with van der Waals surface area (Å²) in [5, 5.41) is 16.4. The summed E-state index contributed by atoms with van der Waals surface area (Å²) in [6, 6.07) is 7.18. The average Bonchev–Trinajstić information content (AvgIpc) is 3.50. The molecule has 1 spiro atoms. The highest BCUT2D eigenvalue weighted by molar-refractivity contribution is 6.35. The summed E-state index contributed by atoms with van der Waals surface area (Å²) in [5.41, 5.74) is 0.244. The number of fused-ring (bicyclic) bond motifs is 1. The summed E-state index contributed by atoms with van der Waals surface area (Å²) in [4.78, 5) is 43.9. The van der Waals surface area contributed by atoms with Gasteiger partial charge in [-0.15, -0.1) is 0 Å². The summed E-state index contributed by atoms with van der Waals surface area (Å²) in [5.74, 6) is -4.20. The molecule has 5 rings (SSSR count). The fourth-order valence-corrected chi connectivity index (χ4v) is 6.39. The maximum Gasteiger partial charge on any atom is 0.271 e. The number of H-pyrrole nitrogens is 1. The van der Waals surface area contributed by atoms with Crippen molar-refractivity contribution in [1.29, 1.82) is 5.26 Å². The van der Waals surface area contributed by atoms with Crippen LogP contribution in [0, 0.1) is 22.7 Å². The summed E-state index contributed by atoms with van der Waals surface area (Å²) < 4.78 is 28.0. The Hall–Kier alpha value is -3.19. The summed E-state index contributed by atoms with van der Waals surface area (Å²) >= 11 is 6.27. The van der Waals surface area contributed by atoms with Crippen LogP contribution in [0.5, 0.6) is 0 Å². The zero-order valence-corrected chi connectivity index (χ0v) is 21.6. The van der Waals surface area contributed by atoms with Crippen molar-refractivity contribution in [3.05, 3.63) is 35.0 Å². The molecule has 3 amide bonds. The molecule has 2 aliphatic heterocycles. The zero-order valence-electron chi connectivity index (χ0n) is 20.9. The highest BCUT2D eigenvalue weighted by Gasteiger charge is 2.53. The molecule has 11 heteroatoms. The molecule has 2 saturated heterocycles. The van der Waals surface area contributed by atoms with Gasteiger partial charge in [0, 0.05) is 37.2 Å². The Bertz CT molecular complexity index is 1300. The number of halogens is 3. The van der Waals surface area contributed by atoms with Crippen molar-refractivity contribution in [2.75, 3.05) is 13.1 Å². The van der Waals surface area contributed by atoms with Crippen molar-refractivity contribution in [1.82, 2.24) is 20.5 Å². The number of para-hydroxylation sites is 1. The van der Waals surface area contributed by atoms with Crippen LogP contribution in [0.25, 0.3) is 10.9 Å². The van der Waals surface area contributed by atoms with Crippen LogP contribution >= 0.6 is 11.6 Å². The number of rotatable bonds is 5. The largest absolute Gasteiger partial charge is 0.356 e. The lowest BCUT2D eigenvalue weighted by atomic mass is 9.71. The molecule has 0 bridgehead atoms. The predicted molar refractivity (Wildman–Crippen MR) is 136 cm³/mol. The van der Waals surface area contributed by atoms with Crippen LogP contribution in [0.15, 0.2) is 24.3 Å². The van der Waals surface area contributed by atoms with Crippen molar-refractivity contribution in [3.63, 3.8) is 0 Å². The Morgan fingerprint density at radius 3 is 2.71 bits per heavy atom. The first kappa shape index (κ1) is 26.4. The number of nitriles is 1. The standard InChI is InChI=1S/C27H30ClF2N5O3/c28-19-5-1-3-16-12-20(34-22(16)19)25(38)35-15-26(6-8-27(29,30)9-7-26)13-21(35)24(37)33-18(14-31)11-17-4-2-10-32-23(17)36/h1,3,5,12,17-18,21,34H,2,4,6-11,13,15H2,(H,32,36)(H,33,37)/t17-,18-,21?/m0/s1. The maximum absolute atomic E-state index is 14.0. The van der Waals surface area contributed by atoms with E-state index in [-0.39, 0.29) is 62.6 Å². The Morgan fingerprint density at radius 1 is 1.26 bits per heavy atom. The molecular weight excluding hydrogens is 516 g/mol. The number of carbonyl (C=O) groups is 3. The third-order valence-corrected chi connectivity index (χ3v) is 8.66. The van der Waals surface area contributed by atoms with Gasteiger partial charge in [-0.1, -0.05) is 23.7 Å². The molecule has 2 aromatic rings. The second kappa shape index (κ2) is 10.2. The second-order valence-corrected chi connectivity index (χ2v) is 11.4. The lowest BCUT2D eigenvalue weighted by Gasteiger charge is -2.36. The van der Waals surface area contributed by atoms with E-state index in [0.717, 1.165) is 11.8 Å². The number of carbonyl (C=O) groups excluding carboxylic acids is 3. The monoisotopic (exact) mass is 545 g/mol. The molecule has 8 nitrogen and oxygen atoms in total. The summed E-state index contributed by atoms with van der Waals surface area (Å²) in [7, 11) is 0. The third-order valence-electron chi connectivity index (χ3n) is 8.34. The van der Waals surface area contributed by atoms with Crippen LogP contribution in [-0.2, 0) is 9.59 Å². The van der Waals surface area contributed by atoms with Crippen molar-refractivity contribution < 1.29 is 23.2 Å². The lowest BCUT2D eigenvalue weighted by molar-refractivity contribution is -0.128. The SMILES string of the molecule is N#C[C@H](C[C@@H]1CCCNC1=O)NC(=O)C1CC2(CCC(F)(F)CC2)CN1C(=O)c1cc2cccc(Cl)c2[nH]1. The number of benzene rings is 1. The van der Waals surface area contributed by atoms with Crippen molar-refractivity contribution in [2.24, 2.45) is 11.3 Å². The van der Waals surface area contributed by atoms with E-state index in [1.807, 2.05) is 6.07 Å². The van der Waals surface area contributed by atoms with Gasteiger partial charge in [0.2, 0.25) is 17.7 Å². The predicted octanol–water partition coefficient (Wildman–Crippen LogP) is 4.16. The normalized spacial score (nSPS) is 25.1. The van der Waals surface area contributed by atoms with Crippen molar-refractivity contribution in [3.8, 4) is 6.07 Å². The third kappa shape index (κ3) is 5.21. The number of piperidine rings is 1. The number of hydrogen-bond acceptors (Lipinski definition) is 4. The van der Waals surface area contributed by atoms with Gasteiger partial charge in [0.05, 0.1) is 16.6 Å². The average molecular weight is 546 g/mol. The molecule has 1 aliphatic carbocycles. The summed E-state index contributed by atoms with van der Waals surface area (Å²) in [6.07, 6.45) is 1.68. The Labute approximate surface area is 224 Å². The molecule has 3 fully saturated rings. The van der Waals surface area contributed by atoms with Crippen LogP contribution in [0.1, 0.15) is 61.9 Å². The van der Waals surface area contributed by atoms with Crippen molar-refractivity contribution in [2.45, 2.75) is 69.4 Å². The number of aromatic amines is 1. The van der Waals surface area contributed by atoms with E-state index in [0.29, 0.717) is 23.5 Å². The molecule has 38 heavy (non-hydrogen) atoms. The summed E-state index contributed by atoms with van der Waals surface area (Å²) in [6.45, 7) is 0.767. The quantitative estimate of drug-likeness (QED) is 0.523. The molecule has 3 atom stereocenters. The Morgan fingerprint density at radius 2 is 2.03 bits per heavy atom. The first-order chi connectivity index (χ1) is 18.1. The van der Waals surface area contributed by atoms with Crippen molar-refractivity contribution >= 4 is 40.2 Å². The fourth-order valence-electron chi connectivity index (χ4n) is 6.16. The minimum Gasteiger partial charge on any atom is -0.356 e. The number of hydrogen-bond donors (Lipinski definition) is 3. The van der Waals surface area contributed by atoms with Crippen LogP contribution in [0.2, 0.25) is 5.02 Å². The molecule has 1 unspecified atom stereocenters. The molecule has 1 aromatic heterocycles.